The molecule has 2 aromatic rings. The Kier molecular flexibility index (Phi) is 7.12. The molecule has 0 saturated carbocycles. The molecule has 1 aliphatic heterocycles. The molecular formula is C21H24ClN3O4S. The number of nitrogens with zero attached hydrogens (tertiary/aromatic N) is 1. The number of halogens is 1. The van der Waals surface area contributed by atoms with Gasteiger partial charge in [-0.1, -0.05) is 23.7 Å². The average molecular weight is 450 g/mol. The van der Waals surface area contributed by atoms with Gasteiger partial charge in [-0.15, -0.1) is 0 Å². The summed E-state index contributed by atoms with van der Waals surface area (Å²) in [5, 5.41) is 6.08. The van der Waals surface area contributed by atoms with Crippen molar-refractivity contribution >= 4 is 39.1 Å². The molecule has 30 heavy (non-hydrogen) atoms. The van der Waals surface area contributed by atoms with Gasteiger partial charge in [0.05, 0.1) is 10.8 Å². The van der Waals surface area contributed by atoms with Crippen LogP contribution in [-0.2, 0) is 26.2 Å². The summed E-state index contributed by atoms with van der Waals surface area (Å²) in [5.74, 6) is -0.810. The SMILES string of the molecule is CC(=O)Nc1ccc(S(=O)(=O)N2CCC[C@H](C(=O)NCc3cccc(Cl)c3)C2)cc1. The van der Waals surface area contributed by atoms with Gasteiger partial charge in [0.2, 0.25) is 21.8 Å². The minimum atomic E-state index is -3.72. The third kappa shape index (κ3) is 5.59. The molecular weight excluding hydrogens is 426 g/mol. The molecule has 2 aromatic carbocycles. The van der Waals surface area contributed by atoms with Gasteiger partial charge in [-0.3, -0.25) is 9.59 Å². The second kappa shape index (κ2) is 9.59. The quantitative estimate of drug-likeness (QED) is 0.708. The van der Waals surface area contributed by atoms with Crippen LogP contribution in [0.15, 0.2) is 53.4 Å². The summed E-state index contributed by atoms with van der Waals surface area (Å²) < 4.78 is 27.4. The Morgan fingerprint density at radius 2 is 1.90 bits per heavy atom. The van der Waals surface area contributed by atoms with Gasteiger partial charge < -0.3 is 10.6 Å². The number of hydrogen-bond acceptors (Lipinski definition) is 4. The van der Waals surface area contributed by atoms with Crippen molar-refractivity contribution in [2.24, 2.45) is 5.92 Å². The molecule has 0 unspecified atom stereocenters. The number of amides is 2. The van der Waals surface area contributed by atoms with E-state index in [4.69, 9.17) is 11.6 Å². The number of carbonyl (C=O) groups is 2. The van der Waals surface area contributed by atoms with Crippen LogP contribution >= 0.6 is 11.6 Å². The van der Waals surface area contributed by atoms with E-state index in [-0.39, 0.29) is 23.3 Å². The predicted molar refractivity (Wildman–Crippen MR) is 116 cm³/mol. The standard InChI is InChI=1S/C21H24ClN3O4S/c1-15(26)24-19-7-9-20(10-8-19)30(28,29)25-11-3-5-17(14-25)21(27)23-13-16-4-2-6-18(22)12-16/h2,4,6-10,12,17H,3,5,11,13-14H2,1H3,(H,23,27)(H,24,26)/t17-/m0/s1. The number of hydrogen-bond donors (Lipinski definition) is 2. The lowest BCUT2D eigenvalue weighted by Crippen LogP contribution is -2.45. The third-order valence-corrected chi connectivity index (χ3v) is 7.04. The normalized spacial score (nSPS) is 17.3. The monoisotopic (exact) mass is 449 g/mol. The molecule has 1 atom stereocenters. The second-order valence-corrected chi connectivity index (χ2v) is 9.63. The Morgan fingerprint density at radius 3 is 2.57 bits per heavy atom. The zero-order valence-corrected chi connectivity index (χ0v) is 18.2. The Labute approximate surface area is 181 Å². The highest BCUT2D eigenvalue weighted by molar-refractivity contribution is 7.89. The first-order valence-corrected chi connectivity index (χ1v) is 11.5. The van der Waals surface area contributed by atoms with E-state index in [1.54, 1.807) is 24.3 Å². The van der Waals surface area contributed by atoms with Crippen molar-refractivity contribution in [1.29, 1.82) is 0 Å². The molecule has 1 saturated heterocycles. The van der Waals surface area contributed by atoms with E-state index >= 15 is 0 Å². The summed E-state index contributed by atoms with van der Waals surface area (Å²) >= 11 is 5.96. The van der Waals surface area contributed by atoms with Crippen LogP contribution in [0.1, 0.15) is 25.3 Å². The van der Waals surface area contributed by atoms with Gasteiger partial charge >= 0.3 is 0 Å². The molecule has 9 heteroatoms. The molecule has 2 amide bonds. The third-order valence-electron chi connectivity index (χ3n) is 4.92. The van der Waals surface area contributed by atoms with Gasteiger partial charge in [-0.05, 0) is 54.8 Å². The van der Waals surface area contributed by atoms with Crippen LogP contribution < -0.4 is 10.6 Å². The molecule has 1 heterocycles. The number of sulfonamides is 1. The molecule has 1 fully saturated rings. The van der Waals surface area contributed by atoms with E-state index in [1.165, 1.54) is 23.4 Å². The van der Waals surface area contributed by atoms with E-state index in [0.29, 0.717) is 36.6 Å². The maximum Gasteiger partial charge on any atom is 0.243 e. The van der Waals surface area contributed by atoms with Crippen molar-refractivity contribution < 1.29 is 18.0 Å². The molecule has 0 bridgehead atoms. The smallest absolute Gasteiger partial charge is 0.243 e. The average Bonchev–Trinajstić information content (AvgIpc) is 2.72. The number of rotatable bonds is 6. The lowest BCUT2D eigenvalue weighted by atomic mass is 9.99. The van der Waals surface area contributed by atoms with Crippen LogP contribution in [-0.4, -0.2) is 37.6 Å². The molecule has 1 aliphatic rings. The molecule has 2 N–H and O–H groups in total. The summed E-state index contributed by atoms with van der Waals surface area (Å²) in [6.45, 7) is 2.23. The summed E-state index contributed by atoms with van der Waals surface area (Å²) in [5.41, 5.74) is 1.41. The van der Waals surface area contributed by atoms with Gasteiger partial charge in [0.1, 0.15) is 0 Å². The minimum Gasteiger partial charge on any atom is -0.352 e. The fourth-order valence-corrected chi connectivity index (χ4v) is 5.15. The van der Waals surface area contributed by atoms with E-state index in [1.807, 2.05) is 12.1 Å². The predicted octanol–water partition coefficient (Wildman–Crippen LogP) is 3.02. The van der Waals surface area contributed by atoms with E-state index < -0.39 is 15.9 Å². The van der Waals surface area contributed by atoms with Crippen molar-refractivity contribution in [1.82, 2.24) is 9.62 Å². The molecule has 7 nitrogen and oxygen atoms in total. The number of piperidine rings is 1. The minimum absolute atomic E-state index is 0.136. The van der Waals surface area contributed by atoms with Crippen molar-refractivity contribution in [3.63, 3.8) is 0 Å². The van der Waals surface area contributed by atoms with Crippen LogP contribution in [0.3, 0.4) is 0 Å². The second-order valence-electron chi connectivity index (χ2n) is 7.26. The van der Waals surface area contributed by atoms with Gasteiger partial charge in [-0.25, -0.2) is 8.42 Å². The van der Waals surface area contributed by atoms with E-state index in [2.05, 4.69) is 10.6 Å². The van der Waals surface area contributed by atoms with Crippen LogP contribution in [0.5, 0.6) is 0 Å². The molecule has 0 radical (unpaired) electrons. The summed E-state index contributed by atoms with van der Waals surface area (Å²) in [4.78, 5) is 23.9. The topological polar surface area (TPSA) is 95.6 Å². The van der Waals surface area contributed by atoms with E-state index in [0.717, 1.165) is 5.56 Å². The van der Waals surface area contributed by atoms with Gasteiger partial charge in [0.25, 0.3) is 0 Å². The maximum absolute atomic E-state index is 13.0. The molecule has 0 aromatic heterocycles. The fraction of sp³-hybridized carbons (Fsp3) is 0.333. The van der Waals surface area contributed by atoms with Crippen molar-refractivity contribution in [3.8, 4) is 0 Å². The number of anilines is 1. The van der Waals surface area contributed by atoms with Crippen molar-refractivity contribution in [2.75, 3.05) is 18.4 Å². The Bertz CT molecular complexity index is 1020. The molecule has 0 aliphatic carbocycles. The van der Waals surface area contributed by atoms with Crippen LogP contribution in [0, 0.1) is 5.92 Å². The fourth-order valence-electron chi connectivity index (χ4n) is 3.42. The van der Waals surface area contributed by atoms with Crippen LogP contribution in [0.25, 0.3) is 0 Å². The zero-order valence-electron chi connectivity index (χ0n) is 16.6. The largest absolute Gasteiger partial charge is 0.352 e. The highest BCUT2D eigenvalue weighted by Crippen LogP contribution is 2.25. The van der Waals surface area contributed by atoms with Crippen LogP contribution in [0.2, 0.25) is 5.02 Å². The summed E-state index contributed by atoms with van der Waals surface area (Å²) in [7, 11) is -3.72. The zero-order chi connectivity index (χ0) is 21.7. The number of benzene rings is 2. The highest BCUT2D eigenvalue weighted by Gasteiger charge is 2.33. The molecule has 3 rings (SSSR count). The summed E-state index contributed by atoms with van der Waals surface area (Å²) in [6.07, 6.45) is 1.24. The lowest BCUT2D eigenvalue weighted by Gasteiger charge is -2.31. The van der Waals surface area contributed by atoms with Crippen molar-refractivity contribution in [3.05, 3.63) is 59.1 Å². The summed E-state index contributed by atoms with van der Waals surface area (Å²) in [6, 6.07) is 13.3. The number of carbonyl (C=O) groups excluding carboxylic acids is 2. The van der Waals surface area contributed by atoms with Gasteiger partial charge in [-0.2, -0.15) is 4.31 Å². The Morgan fingerprint density at radius 1 is 1.17 bits per heavy atom. The van der Waals surface area contributed by atoms with Crippen LogP contribution in [0.4, 0.5) is 5.69 Å². The first-order chi connectivity index (χ1) is 14.3. The Balaban J connectivity index is 1.64. The first kappa shape index (κ1) is 22.3. The molecule has 160 valence electrons. The van der Waals surface area contributed by atoms with E-state index in [9.17, 15) is 18.0 Å². The van der Waals surface area contributed by atoms with Gasteiger partial charge in [0.15, 0.2) is 0 Å². The maximum atomic E-state index is 13.0. The number of nitrogens with one attached hydrogen (secondary N) is 2. The highest BCUT2D eigenvalue weighted by atomic mass is 35.5. The van der Waals surface area contributed by atoms with Gasteiger partial charge in [0, 0.05) is 37.3 Å². The first-order valence-electron chi connectivity index (χ1n) is 9.65. The van der Waals surface area contributed by atoms with Crippen molar-refractivity contribution in [2.45, 2.75) is 31.2 Å². The Hall–Kier alpha value is -2.42. The molecule has 0 spiro atoms. The lowest BCUT2D eigenvalue weighted by molar-refractivity contribution is -0.126.